The summed E-state index contributed by atoms with van der Waals surface area (Å²) in [4.78, 5) is 3.68. The molecule has 1 radical (unpaired) electrons. The number of aromatic nitrogens is 1. The molecule has 59 valence electrons. The van der Waals surface area contributed by atoms with Crippen molar-refractivity contribution in [3.05, 3.63) is 30.9 Å². The van der Waals surface area contributed by atoms with Crippen LogP contribution in [0.15, 0.2) is 23.2 Å². The van der Waals surface area contributed by atoms with Gasteiger partial charge in [-0.15, -0.1) is 0 Å². The normalized spacial score (nSPS) is 11.5. The lowest BCUT2D eigenvalue weighted by Gasteiger charge is -1.95. The fourth-order valence-electron chi connectivity index (χ4n) is 0.579. The zero-order valence-electron chi connectivity index (χ0n) is 5.69. The molecule has 1 heterocycles. The van der Waals surface area contributed by atoms with E-state index in [1.165, 1.54) is 18.3 Å². The molecule has 0 aromatic carbocycles. The molecular formula is C6H7N2O2S. The largest absolute Gasteiger partial charge is 0.260 e. The van der Waals surface area contributed by atoms with Crippen LogP contribution in [0.25, 0.3) is 0 Å². The van der Waals surface area contributed by atoms with Crippen LogP contribution in [0.2, 0.25) is 0 Å². The smallest absolute Gasteiger partial charge is 0.239 e. The molecule has 0 saturated carbocycles. The average Bonchev–Trinajstić information content (AvgIpc) is 1.86. The van der Waals surface area contributed by atoms with E-state index in [1.54, 1.807) is 0 Å². The molecule has 1 rings (SSSR count). The molecule has 0 aliphatic heterocycles. The first-order valence-electron chi connectivity index (χ1n) is 2.81. The molecular weight excluding hydrogens is 164 g/mol. The van der Waals surface area contributed by atoms with E-state index < -0.39 is 10.0 Å². The van der Waals surface area contributed by atoms with Gasteiger partial charge in [0.15, 0.2) is 0 Å². The Bertz CT molecular complexity index is 341. The van der Waals surface area contributed by atoms with Gasteiger partial charge in [0.1, 0.15) is 4.90 Å². The lowest BCUT2D eigenvalue weighted by Crippen LogP contribution is -2.12. The molecule has 0 aliphatic carbocycles. The predicted octanol–water partition coefficient (Wildman–Crippen LogP) is -0.0888. The summed E-state index contributed by atoms with van der Waals surface area (Å²) in [5, 5.41) is 4.82. The Hall–Kier alpha value is -0.940. The Morgan fingerprint density at radius 2 is 2.09 bits per heavy atom. The molecule has 0 bridgehead atoms. The van der Waals surface area contributed by atoms with Gasteiger partial charge in [-0.3, -0.25) is 4.98 Å². The van der Waals surface area contributed by atoms with Gasteiger partial charge in [0.05, 0.1) is 0 Å². The maximum Gasteiger partial charge on any atom is 0.239 e. The Kier molecular flexibility index (Phi) is 1.92. The van der Waals surface area contributed by atoms with Crippen LogP contribution in [0.4, 0.5) is 0 Å². The van der Waals surface area contributed by atoms with Gasteiger partial charge in [0, 0.05) is 11.9 Å². The van der Waals surface area contributed by atoms with Gasteiger partial charge in [-0.1, -0.05) is 0 Å². The minimum Gasteiger partial charge on any atom is -0.260 e. The van der Waals surface area contributed by atoms with Gasteiger partial charge < -0.3 is 0 Å². The summed E-state index contributed by atoms with van der Waals surface area (Å²) in [6, 6.07) is 2.85. The van der Waals surface area contributed by atoms with Crippen molar-refractivity contribution in [1.82, 2.24) is 4.98 Å². The van der Waals surface area contributed by atoms with E-state index in [-0.39, 0.29) is 4.90 Å². The third-order valence-electron chi connectivity index (χ3n) is 1.13. The van der Waals surface area contributed by atoms with E-state index in [0.29, 0.717) is 5.69 Å². The number of sulfonamides is 1. The van der Waals surface area contributed by atoms with Crippen LogP contribution in [0.5, 0.6) is 0 Å². The maximum absolute atomic E-state index is 10.7. The van der Waals surface area contributed by atoms with Crippen molar-refractivity contribution in [1.29, 1.82) is 0 Å². The molecule has 0 fully saturated rings. The second-order valence-corrected chi connectivity index (χ2v) is 3.59. The van der Waals surface area contributed by atoms with E-state index >= 15 is 0 Å². The summed E-state index contributed by atoms with van der Waals surface area (Å²) in [5.41, 5.74) is 0.511. The molecule has 5 heteroatoms. The number of rotatable bonds is 1. The highest BCUT2D eigenvalue weighted by Crippen LogP contribution is 2.03. The summed E-state index contributed by atoms with van der Waals surface area (Å²) >= 11 is 0. The minimum absolute atomic E-state index is 0.00454. The molecule has 4 nitrogen and oxygen atoms in total. The third-order valence-corrected chi connectivity index (χ3v) is 2.02. The average molecular weight is 171 g/mol. The van der Waals surface area contributed by atoms with E-state index in [1.807, 2.05) is 0 Å². The third kappa shape index (κ3) is 1.99. The number of hydrogen-bond donors (Lipinski definition) is 1. The summed E-state index contributed by atoms with van der Waals surface area (Å²) in [5.74, 6) is 0. The molecule has 11 heavy (non-hydrogen) atoms. The van der Waals surface area contributed by atoms with E-state index in [9.17, 15) is 8.42 Å². The Morgan fingerprint density at radius 3 is 2.45 bits per heavy atom. The number of pyridine rings is 1. The highest BCUT2D eigenvalue weighted by Gasteiger charge is 2.05. The lowest BCUT2D eigenvalue weighted by atomic mass is 10.4. The fourth-order valence-corrected chi connectivity index (χ4v) is 1.04. The van der Waals surface area contributed by atoms with Gasteiger partial charge in [-0.05, 0) is 19.1 Å². The Labute approximate surface area is 65.1 Å². The van der Waals surface area contributed by atoms with Crippen LogP contribution < -0.4 is 5.14 Å². The first kappa shape index (κ1) is 8.16. The highest BCUT2D eigenvalue weighted by atomic mass is 32.2. The van der Waals surface area contributed by atoms with Crippen molar-refractivity contribution >= 4 is 10.0 Å². The van der Waals surface area contributed by atoms with Crippen LogP contribution in [-0.4, -0.2) is 13.4 Å². The second-order valence-electron chi connectivity index (χ2n) is 2.03. The molecule has 0 aliphatic rings. The molecule has 0 atom stereocenters. The van der Waals surface area contributed by atoms with Gasteiger partial charge in [0.2, 0.25) is 10.0 Å². The number of primary sulfonamides is 1. The van der Waals surface area contributed by atoms with Crippen LogP contribution in [0.1, 0.15) is 5.69 Å². The topological polar surface area (TPSA) is 73.1 Å². The fraction of sp³-hybridized carbons (Fsp3) is 0. The molecule has 0 unspecified atom stereocenters. The van der Waals surface area contributed by atoms with E-state index in [0.717, 1.165) is 0 Å². The molecule has 0 spiro atoms. The summed E-state index contributed by atoms with van der Waals surface area (Å²) in [6.45, 7) is 3.50. The van der Waals surface area contributed by atoms with Crippen molar-refractivity contribution in [2.24, 2.45) is 5.14 Å². The molecule has 2 N–H and O–H groups in total. The van der Waals surface area contributed by atoms with Crippen LogP contribution >= 0.6 is 0 Å². The SMILES string of the molecule is [CH2]c1ccc(S(N)(=O)=O)cn1. The number of nitrogens with two attached hydrogens (primary N) is 1. The van der Waals surface area contributed by atoms with Gasteiger partial charge in [-0.2, -0.15) is 0 Å². The molecule has 0 amide bonds. The maximum atomic E-state index is 10.7. The zero-order chi connectivity index (χ0) is 8.48. The van der Waals surface area contributed by atoms with Gasteiger partial charge in [-0.25, -0.2) is 13.6 Å². The molecule has 1 aromatic rings. The van der Waals surface area contributed by atoms with Crippen LogP contribution in [0, 0.1) is 6.92 Å². The number of nitrogens with zero attached hydrogens (tertiary/aromatic N) is 1. The lowest BCUT2D eigenvalue weighted by molar-refractivity contribution is 0.597. The first-order chi connectivity index (χ1) is 5.00. The summed E-state index contributed by atoms with van der Waals surface area (Å²) < 4.78 is 21.3. The second kappa shape index (κ2) is 2.60. The van der Waals surface area contributed by atoms with Crippen molar-refractivity contribution in [3.8, 4) is 0 Å². The monoisotopic (exact) mass is 171 g/mol. The Morgan fingerprint density at radius 1 is 1.45 bits per heavy atom. The van der Waals surface area contributed by atoms with Crippen molar-refractivity contribution in [2.45, 2.75) is 4.90 Å². The Balaban J connectivity index is 3.20. The summed E-state index contributed by atoms with van der Waals surface area (Å²) in [6.07, 6.45) is 1.18. The van der Waals surface area contributed by atoms with Crippen molar-refractivity contribution < 1.29 is 8.42 Å². The highest BCUT2D eigenvalue weighted by molar-refractivity contribution is 7.89. The van der Waals surface area contributed by atoms with Gasteiger partial charge >= 0.3 is 0 Å². The quantitative estimate of drug-likeness (QED) is 0.641. The van der Waals surface area contributed by atoms with Crippen LogP contribution in [0.3, 0.4) is 0 Å². The first-order valence-corrected chi connectivity index (χ1v) is 4.35. The van der Waals surface area contributed by atoms with Gasteiger partial charge in [0.25, 0.3) is 0 Å². The van der Waals surface area contributed by atoms with Crippen molar-refractivity contribution in [3.63, 3.8) is 0 Å². The molecule has 0 saturated heterocycles. The van der Waals surface area contributed by atoms with E-state index in [4.69, 9.17) is 5.14 Å². The molecule has 1 aromatic heterocycles. The van der Waals surface area contributed by atoms with Crippen LogP contribution in [-0.2, 0) is 10.0 Å². The minimum atomic E-state index is -3.61. The van der Waals surface area contributed by atoms with E-state index in [2.05, 4.69) is 11.9 Å². The zero-order valence-corrected chi connectivity index (χ0v) is 6.50. The number of hydrogen-bond acceptors (Lipinski definition) is 3. The summed E-state index contributed by atoms with van der Waals surface area (Å²) in [7, 11) is -3.61. The standard InChI is InChI=1S/C6H7N2O2S/c1-5-2-3-6(4-8-5)11(7,9)10/h2-4H,1H2,(H2,7,9,10). The van der Waals surface area contributed by atoms with Crippen molar-refractivity contribution in [2.75, 3.05) is 0 Å². The predicted molar refractivity (Wildman–Crippen MR) is 40.1 cm³/mol.